The van der Waals surface area contributed by atoms with E-state index in [4.69, 9.17) is 14.2 Å². The fraction of sp³-hybridized carbons (Fsp3) is 0.217. The number of carbonyl (C=O) groups excluding carboxylic acids is 1. The average Bonchev–Trinajstić information content (AvgIpc) is 3.24. The monoisotopic (exact) mass is 424 g/mol. The summed E-state index contributed by atoms with van der Waals surface area (Å²) in [6.07, 6.45) is 4.14. The Morgan fingerprint density at radius 2 is 1.87 bits per heavy atom. The van der Waals surface area contributed by atoms with Crippen LogP contribution in [0.5, 0.6) is 17.2 Å². The minimum absolute atomic E-state index is 0.256. The number of thiazole rings is 1. The summed E-state index contributed by atoms with van der Waals surface area (Å²) >= 11 is 1.38. The van der Waals surface area contributed by atoms with E-state index in [1.54, 1.807) is 32.4 Å². The fourth-order valence-electron chi connectivity index (χ4n) is 2.68. The lowest BCUT2D eigenvalue weighted by atomic mass is 10.2. The van der Waals surface area contributed by atoms with Gasteiger partial charge < -0.3 is 14.2 Å². The molecular formula is C23H24N2O4S. The van der Waals surface area contributed by atoms with Gasteiger partial charge in [-0.15, -0.1) is 11.3 Å². The van der Waals surface area contributed by atoms with Crippen LogP contribution in [0.15, 0.2) is 53.9 Å². The number of nitrogens with one attached hydrogen (secondary N) is 1. The van der Waals surface area contributed by atoms with Crippen molar-refractivity contribution in [3.63, 3.8) is 0 Å². The number of hydrogen-bond acceptors (Lipinski definition) is 6. The van der Waals surface area contributed by atoms with E-state index in [1.807, 2.05) is 35.7 Å². The van der Waals surface area contributed by atoms with Gasteiger partial charge in [0.2, 0.25) is 5.91 Å². The minimum Gasteiger partial charge on any atom is -0.494 e. The topological polar surface area (TPSA) is 69.7 Å². The summed E-state index contributed by atoms with van der Waals surface area (Å²) in [7, 11) is 3.15. The molecule has 0 unspecified atom stereocenters. The predicted octanol–water partition coefficient (Wildman–Crippen LogP) is 5.27. The lowest BCUT2D eigenvalue weighted by Gasteiger charge is -2.07. The standard InChI is InChI=1S/C23H24N2O4S/c1-4-13-29-18-9-7-17(8-10-18)19-15-30-23(24-19)25-22(26)12-6-16-5-11-20(27-2)21(14-16)28-3/h5-12,14-15H,4,13H2,1-3H3,(H,24,25,26)/b12-6+. The second-order valence-electron chi connectivity index (χ2n) is 6.35. The van der Waals surface area contributed by atoms with Crippen LogP contribution in [0.25, 0.3) is 17.3 Å². The minimum atomic E-state index is -0.256. The first-order valence-corrected chi connectivity index (χ1v) is 10.4. The number of rotatable bonds is 9. The van der Waals surface area contributed by atoms with Crippen molar-refractivity contribution in [3.05, 3.63) is 59.5 Å². The van der Waals surface area contributed by atoms with Gasteiger partial charge in [0.25, 0.3) is 0 Å². The summed E-state index contributed by atoms with van der Waals surface area (Å²) in [5, 5.41) is 5.25. The van der Waals surface area contributed by atoms with Crippen molar-refractivity contribution in [2.45, 2.75) is 13.3 Å². The zero-order chi connectivity index (χ0) is 21.3. The largest absolute Gasteiger partial charge is 0.494 e. The van der Waals surface area contributed by atoms with E-state index in [-0.39, 0.29) is 5.91 Å². The van der Waals surface area contributed by atoms with Crippen molar-refractivity contribution >= 4 is 28.5 Å². The van der Waals surface area contributed by atoms with E-state index >= 15 is 0 Å². The van der Waals surface area contributed by atoms with E-state index < -0.39 is 0 Å². The van der Waals surface area contributed by atoms with Crippen molar-refractivity contribution in [2.24, 2.45) is 0 Å². The molecule has 30 heavy (non-hydrogen) atoms. The lowest BCUT2D eigenvalue weighted by Crippen LogP contribution is -2.07. The van der Waals surface area contributed by atoms with E-state index in [2.05, 4.69) is 17.2 Å². The molecule has 0 aliphatic rings. The van der Waals surface area contributed by atoms with Crippen LogP contribution in [0, 0.1) is 0 Å². The molecule has 0 aliphatic carbocycles. The number of nitrogens with zero attached hydrogens (tertiary/aromatic N) is 1. The molecule has 0 aliphatic heterocycles. The molecule has 2 aromatic carbocycles. The van der Waals surface area contributed by atoms with Gasteiger partial charge in [-0.1, -0.05) is 13.0 Å². The summed E-state index contributed by atoms with van der Waals surface area (Å²) in [6, 6.07) is 13.2. The first-order valence-electron chi connectivity index (χ1n) is 9.52. The number of anilines is 1. The molecule has 6 nitrogen and oxygen atoms in total. The molecule has 0 spiro atoms. The van der Waals surface area contributed by atoms with Gasteiger partial charge in [0.05, 0.1) is 26.5 Å². The van der Waals surface area contributed by atoms with Crippen LogP contribution in [0.2, 0.25) is 0 Å². The van der Waals surface area contributed by atoms with Crippen LogP contribution in [-0.4, -0.2) is 31.7 Å². The number of ether oxygens (including phenoxy) is 3. The van der Waals surface area contributed by atoms with Gasteiger partial charge in [-0.2, -0.15) is 0 Å². The molecule has 0 saturated heterocycles. The normalized spacial score (nSPS) is 10.8. The molecule has 0 bridgehead atoms. The molecule has 0 radical (unpaired) electrons. The number of carbonyl (C=O) groups is 1. The van der Waals surface area contributed by atoms with Gasteiger partial charge in [-0.3, -0.25) is 10.1 Å². The van der Waals surface area contributed by atoms with E-state index in [0.29, 0.717) is 23.2 Å². The first-order chi connectivity index (χ1) is 14.6. The fourth-order valence-corrected chi connectivity index (χ4v) is 3.40. The van der Waals surface area contributed by atoms with Gasteiger partial charge >= 0.3 is 0 Å². The number of methoxy groups -OCH3 is 2. The van der Waals surface area contributed by atoms with Crippen LogP contribution in [0.4, 0.5) is 5.13 Å². The van der Waals surface area contributed by atoms with Crippen molar-refractivity contribution < 1.29 is 19.0 Å². The lowest BCUT2D eigenvalue weighted by molar-refractivity contribution is -0.111. The summed E-state index contributed by atoms with van der Waals surface area (Å²) in [5.41, 5.74) is 2.60. The van der Waals surface area contributed by atoms with E-state index in [1.165, 1.54) is 17.4 Å². The Kier molecular flexibility index (Phi) is 7.45. The maximum absolute atomic E-state index is 12.3. The third kappa shape index (κ3) is 5.61. The molecule has 0 fully saturated rings. The van der Waals surface area contributed by atoms with Crippen LogP contribution < -0.4 is 19.5 Å². The number of hydrogen-bond donors (Lipinski definition) is 1. The van der Waals surface area contributed by atoms with Gasteiger partial charge in [-0.05, 0) is 54.5 Å². The highest BCUT2D eigenvalue weighted by Gasteiger charge is 2.08. The number of aromatic nitrogens is 1. The SMILES string of the molecule is CCCOc1ccc(-c2csc(NC(=O)/C=C/c3ccc(OC)c(OC)c3)n2)cc1. The van der Waals surface area contributed by atoms with Gasteiger partial charge in [0, 0.05) is 17.0 Å². The smallest absolute Gasteiger partial charge is 0.250 e. The van der Waals surface area contributed by atoms with Crippen LogP contribution in [0.1, 0.15) is 18.9 Å². The van der Waals surface area contributed by atoms with Gasteiger partial charge in [-0.25, -0.2) is 4.98 Å². The number of amides is 1. The molecule has 1 aromatic heterocycles. The molecule has 1 amide bonds. The zero-order valence-electron chi connectivity index (χ0n) is 17.2. The Morgan fingerprint density at radius 1 is 1.10 bits per heavy atom. The Morgan fingerprint density at radius 3 is 2.57 bits per heavy atom. The first kappa shape index (κ1) is 21.4. The second kappa shape index (κ2) is 10.5. The summed E-state index contributed by atoms with van der Waals surface area (Å²) in [6.45, 7) is 2.77. The molecule has 156 valence electrons. The molecule has 1 heterocycles. The zero-order valence-corrected chi connectivity index (χ0v) is 18.0. The van der Waals surface area contributed by atoms with E-state index in [0.717, 1.165) is 29.0 Å². The average molecular weight is 425 g/mol. The highest BCUT2D eigenvalue weighted by molar-refractivity contribution is 7.14. The molecular weight excluding hydrogens is 400 g/mol. The van der Waals surface area contributed by atoms with Crippen molar-refractivity contribution in [1.82, 2.24) is 4.98 Å². The van der Waals surface area contributed by atoms with E-state index in [9.17, 15) is 4.79 Å². The van der Waals surface area contributed by atoms with Crippen LogP contribution in [-0.2, 0) is 4.79 Å². The van der Waals surface area contributed by atoms with Gasteiger partial charge in [0.1, 0.15) is 5.75 Å². The summed E-state index contributed by atoms with van der Waals surface area (Å²) < 4.78 is 16.1. The maximum Gasteiger partial charge on any atom is 0.250 e. The van der Waals surface area contributed by atoms with Crippen molar-refractivity contribution in [1.29, 1.82) is 0 Å². The quantitative estimate of drug-likeness (QED) is 0.474. The molecule has 0 atom stereocenters. The van der Waals surface area contributed by atoms with Gasteiger partial charge in [0.15, 0.2) is 16.6 Å². The predicted molar refractivity (Wildman–Crippen MR) is 121 cm³/mol. The molecule has 1 N–H and O–H groups in total. The Hall–Kier alpha value is -3.32. The van der Waals surface area contributed by atoms with Crippen LogP contribution >= 0.6 is 11.3 Å². The van der Waals surface area contributed by atoms with Crippen molar-refractivity contribution in [2.75, 3.05) is 26.1 Å². The third-order valence-corrected chi connectivity index (χ3v) is 4.95. The third-order valence-electron chi connectivity index (χ3n) is 4.19. The summed E-state index contributed by atoms with van der Waals surface area (Å²) in [4.78, 5) is 16.7. The Bertz CT molecular complexity index is 1010. The molecule has 7 heteroatoms. The Labute approximate surface area is 180 Å². The Balaban J connectivity index is 1.61. The molecule has 3 aromatic rings. The summed E-state index contributed by atoms with van der Waals surface area (Å²) in [5.74, 6) is 1.83. The maximum atomic E-state index is 12.3. The number of benzene rings is 2. The highest BCUT2D eigenvalue weighted by atomic mass is 32.1. The van der Waals surface area contributed by atoms with Crippen LogP contribution in [0.3, 0.4) is 0 Å². The second-order valence-corrected chi connectivity index (χ2v) is 7.21. The molecule has 0 saturated carbocycles. The van der Waals surface area contributed by atoms with Crippen molar-refractivity contribution in [3.8, 4) is 28.5 Å². The molecule has 3 rings (SSSR count). The highest BCUT2D eigenvalue weighted by Crippen LogP contribution is 2.28.